The molecule has 1 nitrogen and oxygen atoms in total. The monoisotopic (exact) mass is 154 g/mol. The first-order valence-corrected chi connectivity index (χ1v) is 4.93. The van der Waals surface area contributed by atoms with Gasteiger partial charge in [-0.25, -0.2) is 0 Å². The lowest BCUT2D eigenvalue weighted by molar-refractivity contribution is 0.140. The highest BCUT2D eigenvalue weighted by molar-refractivity contribution is 4.90. The van der Waals surface area contributed by atoms with Crippen LogP contribution in [0.2, 0.25) is 0 Å². The fraction of sp³-hybridized carbons (Fsp3) is 1.00. The maximum absolute atomic E-state index is 9.24. The van der Waals surface area contributed by atoms with Crippen LogP contribution in [-0.4, -0.2) is 11.2 Å². The van der Waals surface area contributed by atoms with Crippen LogP contribution >= 0.6 is 0 Å². The quantitative estimate of drug-likeness (QED) is 0.646. The second-order valence-electron chi connectivity index (χ2n) is 4.52. The summed E-state index contributed by atoms with van der Waals surface area (Å²) in [5, 5.41) is 9.24. The molecular weight excluding hydrogens is 136 g/mol. The topological polar surface area (TPSA) is 20.2 Å². The molecule has 0 heterocycles. The summed E-state index contributed by atoms with van der Waals surface area (Å²) in [6.45, 7) is 1.92. The van der Waals surface area contributed by atoms with Gasteiger partial charge in [0.1, 0.15) is 0 Å². The third-order valence-electron chi connectivity index (χ3n) is 3.53. The van der Waals surface area contributed by atoms with E-state index < -0.39 is 0 Å². The van der Waals surface area contributed by atoms with Crippen molar-refractivity contribution >= 4 is 0 Å². The molecule has 2 rings (SSSR count). The van der Waals surface area contributed by atoms with Gasteiger partial charge in [-0.3, -0.25) is 0 Å². The summed E-state index contributed by atoms with van der Waals surface area (Å²) in [7, 11) is 0. The lowest BCUT2D eigenvalue weighted by Crippen LogP contribution is -2.16. The molecule has 4 atom stereocenters. The average Bonchev–Trinajstić information content (AvgIpc) is 2.45. The van der Waals surface area contributed by atoms with Crippen molar-refractivity contribution in [1.82, 2.24) is 0 Å². The van der Waals surface area contributed by atoms with Crippen LogP contribution in [0.3, 0.4) is 0 Å². The molecule has 2 fully saturated rings. The predicted octanol–water partition coefficient (Wildman–Crippen LogP) is 2.19. The zero-order valence-corrected chi connectivity index (χ0v) is 7.29. The summed E-state index contributed by atoms with van der Waals surface area (Å²) in [5.74, 6) is 2.88. The van der Waals surface area contributed by atoms with Gasteiger partial charge < -0.3 is 5.11 Å². The Morgan fingerprint density at radius 1 is 1.36 bits per heavy atom. The van der Waals surface area contributed by atoms with Crippen LogP contribution in [0.25, 0.3) is 0 Å². The minimum absolute atomic E-state index is 0.0700. The summed E-state index contributed by atoms with van der Waals surface area (Å²) < 4.78 is 0. The summed E-state index contributed by atoms with van der Waals surface area (Å²) in [6, 6.07) is 0. The van der Waals surface area contributed by atoms with Crippen molar-refractivity contribution in [2.24, 2.45) is 17.8 Å². The van der Waals surface area contributed by atoms with Gasteiger partial charge in [0.15, 0.2) is 0 Å². The van der Waals surface area contributed by atoms with Crippen LogP contribution < -0.4 is 0 Å². The lowest BCUT2D eigenvalue weighted by Gasteiger charge is -2.22. The van der Waals surface area contributed by atoms with Gasteiger partial charge in [-0.1, -0.05) is 6.42 Å². The molecule has 11 heavy (non-hydrogen) atoms. The molecule has 64 valence electrons. The van der Waals surface area contributed by atoms with Crippen molar-refractivity contribution in [2.75, 3.05) is 0 Å². The van der Waals surface area contributed by atoms with Gasteiger partial charge in [-0.15, -0.1) is 0 Å². The number of aliphatic hydroxyl groups excluding tert-OH is 1. The summed E-state index contributed by atoms with van der Waals surface area (Å²) >= 11 is 0. The van der Waals surface area contributed by atoms with E-state index in [4.69, 9.17) is 0 Å². The maximum Gasteiger partial charge on any atom is 0.0514 e. The Hall–Kier alpha value is -0.0400. The van der Waals surface area contributed by atoms with E-state index in [1.807, 2.05) is 6.92 Å². The van der Waals surface area contributed by atoms with Crippen LogP contribution in [0, 0.1) is 17.8 Å². The van der Waals surface area contributed by atoms with Gasteiger partial charge in [-0.2, -0.15) is 0 Å². The van der Waals surface area contributed by atoms with Gasteiger partial charge in [0.05, 0.1) is 6.10 Å². The smallest absolute Gasteiger partial charge is 0.0514 e. The van der Waals surface area contributed by atoms with Crippen molar-refractivity contribution in [2.45, 2.75) is 45.1 Å². The van der Waals surface area contributed by atoms with Crippen LogP contribution in [0.1, 0.15) is 39.0 Å². The van der Waals surface area contributed by atoms with E-state index in [0.717, 1.165) is 24.2 Å². The Balaban J connectivity index is 1.87. The summed E-state index contributed by atoms with van der Waals surface area (Å²) in [4.78, 5) is 0. The van der Waals surface area contributed by atoms with Crippen LogP contribution in [-0.2, 0) is 0 Å². The molecule has 2 aliphatic rings. The normalized spacial score (nSPS) is 44.7. The van der Waals surface area contributed by atoms with Gasteiger partial charge in [-0.05, 0) is 50.4 Å². The zero-order valence-electron chi connectivity index (χ0n) is 7.29. The fourth-order valence-electron chi connectivity index (χ4n) is 3.10. The van der Waals surface area contributed by atoms with E-state index in [9.17, 15) is 5.11 Å². The Morgan fingerprint density at radius 3 is 2.64 bits per heavy atom. The highest BCUT2D eigenvalue weighted by atomic mass is 16.3. The molecule has 0 amide bonds. The Bertz CT molecular complexity index is 142. The molecule has 0 spiro atoms. The number of rotatable bonds is 2. The van der Waals surface area contributed by atoms with Crippen molar-refractivity contribution in [3.05, 3.63) is 0 Å². The molecule has 1 unspecified atom stereocenters. The van der Waals surface area contributed by atoms with Crippen LogP contribution in [0.4, 0.5) is 0 Å². The maximum atomic E-state index is 9.24. The zero-order chi connectivity index (χ0) is 7.84. The largest absolute Gasteiger partial charge is 0.393 e. The fourth-order valence-corrected chi connectivity index (χ4v) is 3.10. The SMILES string of the molecule is CC(O)C[C@@H]1C[C@@H]2CC[C@H]1C2. The Kier molecular flexibility index (Phi) is 1.92. The first-order chi connectivity index (χ1) is 5.25. The molecule has 0 aromatic rings. The Labute approximate surface area is 68.8 Å². The molecule has 0 aliphatic heterocycles. The molecule has 1 N–H and O–H groups in total. The highest BCUT2D eigenvalue weighted by Gasteiger charge is 2.39. The van der Waals surface area contributed by atoms with Crippen molar-refractivity contribution in [3.63, 3.8) is 0 Å². The Morgan fingerprint density at radius 2 is 2.18 bits per heavy atom. The van der Waals surface area contributed by atoms with Crippen molar-refractivity contribution < 1.29 is 5.11 Å². The molecule has 0 aromatic carbocycles. The van der Waals surface area contributed by atoms with E-state index in [1.54, 1.807) is 0 Å². The molecule has 1 heteroatoms. The van der Waals surface area contributed by atoms with E-state index in [0.29, 0.717) is 0 Å². The predicted molar refractivity (Wildman–Crippen MR) is 45.2 cm³/mol. The minimum atomic E-state index is -0.0700. The van der Waals surface area contributed by atoms with Crippen LogP contribution in [0.15, 0.2) is 0 Å². The molecule has 2 aliphatic carbocycles. The van der Waals surface area contributed by atoms with E-state index >= 15 is 0 Å². The first kappa shape index (κ1) is 7.60. The van der Waals surface area contributed by atoms with E-state index in [1.165, 1.54) is 25.7 Å². The number of aliphatic hydroxyl groups is 1. The number of fused-ring (bicyclic) bond motifs is 2. The van der Waals surface area contributed by atoms with Gasteiger partial charge in [0, 0.05) is 0 Å². The van der Waals surface area contributed by atoms with Gasteiger partial charge in [0.2, 0.25) is 0 Å². The average molecular weight is 154 g/mol. The van der Waals surface area contributed by atoms with Crippen LogP contribution in [0.5, 0.6) is 0 Å². The van der Waals surface area contributed by atoms with Crippen molar-refractivity contribution in [1.29, 1.82) is 0 Å². The van der Waals surface area contributed by atoms with Gasteiger partial charge >= 0.3 is 0 Å². The minimum Gasteiger partial charge on any atom is -0.393 e. The number of hydrogen-bond acceptors (Lipinski definition) is 1. The van der Waals surface area contributed by atoms with Crippen molar-refractivity contribution in [3.8, 4) is 0 Å². The third-order valence-corrected chi connectivity index (χ3v) is 3.53. The third kappa shape index (κ3) is 1.44. The highest BCUT2D eigenvalue weighted by Crippen LogP contribution is 2.49. The molecule has 2 bridgehead atoms. The summed E-state index contributed by atoms with van der Waals surface area (Å²) in [5.41, 5.74) is 0. The first-order valence-electron chi connectivity index (χ1n) is 4.93. The van der Waals surface area contributed by atoms with Gasteiger partial charge in [0.25, 0.3) is 0 Å². The van der Waals surface area contributed by atoms with E-state index in [2.05, 4.69) is 0 Å². The van der Waals surface area contributed by atoms with E-state index in [-0.39, 0.29) is 6.10 Å². The molecule has 0 aromatic heterocycles. The molecule has 0 radical (unpaired) electrons. The number of hydrogen-bond donors (Lipinski definition) is 1. The second kappa shape index (κ2) is 2.78. The standard InChI is InChI=1S/C10H18O/c1-7(11)4-10-6-8-2-3-9(10)5-8/h7-11H,2-6H2,1H3/t7?,8-,9+,10-/m1/s1. The second-order valence-corrected chi connectivity index (χ2v) is 4.52. The molecule has 0 saturated heterocycles. The molecule has 2 saturated carbocycles. The lowest BCUT2D eigenvalue weighted by atomic mass is 9.85. The summed E-state index contributed by atoms with van der Waals surface area (Å²) in [6.07, 6.45) is 6.79. The molecular formula is C10H18O.